The molecule has 0 heterocycles. The molecule has 1 aliphatic rings. The van der Waals surface area contributed by atoms with Crippen molar-refractivity contribution >= 4 is 0 Å². The summed E-state index contributed by atoms with van der Waals surface area (Å²) in [6.07, 6.45) is 0.877. The van der Waals surface area contributed by atoms with E-state index in [4.69, 9.17) is 11.5 Å². The van der Waals surface area contributed by atoms with E-state index in [1.165, 1.54) is 0 Å². The molecule has 4 N–H and O–H groups in total. The maximum Gasteiger partial charge on any atom is 0.0175 e. The van der Waals surface area contributed by atoms with Crippen molar-refractivity contribution in [2.45, 2.75) is 34.1 Å². The average Bonchev–Trinajstić information content (AvgIpc) is 1.97. The predicted molar refractivity (Wildman–Crippen MR) is 52.2 cm³/mol. The molecule has 0 aromatic rings. The summed E-state index contributed by atoms with van der Waals surface area (Å²) in [7, 11) is 0. The summed E-state index contributed by atoms with van der Waals surface area (Å²) < 4.78 is 0. The molecule has 1 aliphatic carbocycles. The van der Waals surface area contributed by atoms with Crippen molar-refractivity contribution in [2.24, 2.45) is 16.9 Å². The number of rotatable bonds is 0. The second-order valence-electron chi connectivity index (χ2n) is 4.25. The maximum atomic E-state index is 6.00. The van der Waals surface area contributed by atoms with E-state index in [1.807, 2.05) is 13.8 Å². The Bertz CT molecular complexity index is 270. The third-order valence-electron chi connectivity index (χ3n) is 2.81. The van der Waals surface area contributed by atoms with Crippen LogP contribution in [-0.2, 0) is 0 Å². The number of nitrogens with two attached hydrogens (primary N) is 2. The van der Waals surface area contributed by atoms with Crippen molar-refractivity contribution in [1.82, 2.24) is 0 Å². The lowest BCUT2D eigenvalue weighted by Gasteiger charge is -2.32. The van der Waals surface area contributed by atoms with Crippen molar-refractivity contribution in [2.75, 3.05) is 0 Å². The Balaban J connectivity index is 3.20. The molecular weight excluding hydrogens is 148 g/mol. The highest BCUT2D eigenvalue weighted by molar-refractivity contribution is 5.41. The van der Waals surface area contributed by atoms with Gasteiger partial charge in [0.25, 0.3) is 0 Å². The lowest BCUT2D eigenvalue weighted by Crippen LogP contribution is -2.29. The number of hydrogen-bond donors (Lipinski definition) is 2. The lowest BCUT2D eigenvalue weighted by atomic mass is 9.76. The first kappa shape index (κ1) is 9.17. The molecule has 0 aromatic carbocycles. The van der Waals surface area contributed by atoms with Gasteiger partial charge in [0.1, 0.15) is 0 Å². The van der Waals surface area contributed by atoms with Gasteiger partial charge in [-0.2, -0.15) is 0 Å². The molecule has 2 heteroatoms. The second-order valence-corrected chi connectivity index (χ2v) is 4.25. The third kappa shape index (κ3) is 1.22. The van der Waals surface area contributed by atoms with Gasteiger partial charge in [-0.3, -0.25) is 0 Å². The monoisotopic (exact) mass is 166 g/mol. The summed E-state index contributed by atoms with van der Waals surface area (Å²) in [6, 6.07) is 0. The Hall–Kier alpha value is -0.920. The van der Waals surface area contributed by atoms with Gasteiger partial charge < -0.3 is 11.5 Å². The van der Waals surface area contributed by atoms with E-state index in [0.29, 0.717) is 0 Å². The van der Waals surface area contributed by atoms with Crippen LogP contribution >= 0.6 is 0 Å². The van der Waals surface area contributed by atoms with Crippen LogP contribution in [0.4, 0.5) is 0 Å². The molecule has 1 rings (SSSR count). The molecular formula is C10H18N2. The Labute approximate surface area is 74.3 Å². The van der Waals surface area contributed by atoms with Crippen LogP contribution < -0.4 is 11.5 Å². The van der Waals surface area contributed by atoms with Crippen LogP contribution in [0.5, 0.6) is 0 Å². The molecule has 68 valence electrons. The molecule has 0 atom stereocenters. The quantitative estimate of drug-likeness (QED) is 0.577. The summed E-state index contributed by atoms with van der Waals surface area (Å²) in [6.45, 7) is 8.33. The minimum atomic E-state index is 0.0354. The fraction of sp³-hybridized carbons (Fsp3) is 0.600. The Morgan fingerprint density at radius 3 is 2.08 bits per heavy atom. The van der Waals surface area contributed by atoms with Gasteiger partial charge in [-0.15, -0.1) is 0 Å². The third-order valence-corrected chi connectivity index (χ3v) is 2.81. The van der Waals surface area contributed by atoms with E-state index in [9.17, 15) is 0 Å². The molecule has 0 amide bonds. The van der Waals surface area contributed by atoms with Crippen LogP contribution in [0.3, 0.4) is 0 Å². The molecule has 0 aliphatic heterocycles. The molecule has 0 radical (unpaired) electrons. The van der Waals surface area contributed by atoms with Gasteiger partial charge in [-0.1, -0.05) is 13.8 Å². The standard InChI is InChI=1S/C10H18N2/c1-6-7(2)9(12)10(3,4)5-8(6)11/h5,11-12H2,1-4H3. The summed E-state index contributed by atoms with van der Waals surface area (Å²) in [4.78, 5) is 0. The minimum absolute atomic E-state index is 0.0354. The van der Waals surface area contributed by atoms with Crippen LogP contribution in [0.2, 0.25) is 0 Å². The second kappa shape index (κ2) is 2.54. The molecule has 0 aromatic heterocycles. The van der Waals surface area contributed by atoms with Gasteiger partial charge in [0.15, 0.2) is 0 Å². The molecule has 0 spiro atoms. The first-order valence-corrected chi connectivity index (χ1v) is 4.28. The van der Waals surface area contributed by atoms with Crippen molar-refractivity contribution in [3.05, 3.63) is 22.5 Å². The van der Waals surface area contributed by atoms with E-state index in [2.05, 4.69) is 13.8 Å². The molecule has 0 bridgehead atoms. The van der Waals surface area contributed by atoms with E-state index < -0.39 is 0 Å². The Kier molecular flexibility index (Phi) is 1.94. The summed E-state index contributed by atoms with van der Waals surface area (Å²) >= 11 is 0. The zero-order valence-corrected chi connectivity index (χ0v) is 8.36. The highest BCUT2D eigenvalue weighted by Gasteiger charge is 2.28. The summed E-state index contributed by atoms with van der Waals surface area (Å²) in [5.41, 5.74) is 16.2. The molecule has 12 heavy (non-hydrogen) atoms. The Morgan fingerprint density at radius 1 is 1.08 bits per heavy atom. The number of allylic oxidation sites excluding steroid dienone is 4. The van der Waals surface area contributed by atoms with Crippen molar-refractivity contribution in [3.63, 3.8) is 0 Å². The highest BCUT2D eigenvalue weighted by atomic mass is 14.7. The molecule has 0 saturated heterocycles. The first-order chi connectivity index (χ1) is 5.36. The SMILES string of the molecule is CC1=C(N)CC(C)(C)C(N)=C1C. The van der Waals surface area contributed by atoms with Crippen molar-refractivity contribution < 1.29 is 0 Å². The molecule has 0 saturated carbocycles. The van der Waals surface area contributed by atoms with E-state index in [-0.39, 0.29) is 5.41 Å². The first-order valence-electron chi connectivity index (χ1n) is 4.28. The normalized spacial score (nSPS) is 23.3. The summed E-state index contributed by atoms with van der Waals surface area (Å²) in [5.74, 6) is 0. The zero-order valence-electron chi connectivity index (χ0n) is 8.36. The van der Waals surface area contributed by atoms with Crippen LogP contribution in [0.25, 0.3) is 0 Å². The van der Waals surface area contributed by atoms with Gasteiger partial charge >= 0.3 is 0 Å². The smallest absolute Gasteiger partial charge is 0.0175 e. The van der Waals surface area contributed by atoms with Crippen LogP contribution in [0, 0.1) is 5.41 Å². The van der Waals surface area contributed by atoms with E-state index >= 15 is 0 Å². The summed E-state index contributed by atoms with van der Waals surface area (Å²) in [5, 5.41) is 0. The van der Waals surface area contributed by atoms with Gasteiger partial charge in [-0.25, -0.2) is 0 Å². The lowest BCUT2D eigenvalue weighted by molar-refractivity contribution is 0.420. The maximum absolute atomic E-state index is 6.00. The minimum Gasteiger partial charge on any atom is -0.402 e. The molecule has 2 nitrogen and oxygen atoms in total. The van der Waals surface area contributed by atoms with Crippen molar-refractivity contribution in [3.8, 4) is 0 Å². The highest BCUT2D eigenvalue weighted by Crippen LogP contribution is 2.38. The fourth-order valence-corrected chi connectivity index (χ4v) is 1.65. The zero-order chi connectivity index (χ0) is 9.52. The van der Waals surface area contributed by atoms with Crippen LogP contribution in [0.15, 0.2) is 22.5 Å². The average molecular weight is 166 g/mol. The molecule has 0 unspecified atom stereocenters. The largest absolute Gasteiger partial charge is 0.402 e. The topological polar surface area (TPSA) is 52.0 Å². The van der Waals surface area contributed by atoms with Gasteiger partial charge in [0.2, 0.25) is 0 Å². The van der Waals surface area contributed by atoms with Crippen molar-refractivity contribution in [1.29, 1.82) is 0 Å². The van der Waals surface area contributed by atoms with Gasteiger partial charge in [-0.05, 0) is 31.4 Å². The molecule has 0 fully saturated rings. The predicted octanol–water partition coefficient (Wildman–Crippen LogP) is 1.88. The van der Waals surface area contributed by atoms with E-state index in [0.717, 1.165) is 29.0 Å². The number of hydrogen-bond acceptors (Lipinski definition) is 2. The van der Waals surface area contributed by atoms with Gasteiger partial charge in [0, 0.05) is 16.8 Å². The fourth-order valence-electron chi connectivity index (χ4n) is 1.65. The van der Waals surface area contributed by atoms with Crippen LogP contribution in [0.1, 0.15) is 34.1 Å². The Morgan fingerprint density at radius 2 is 1.58 bits per heavy atom. The van der Waals surface area contributed by atoms with Crippen LogP contribution in [-0.4, -0.2) is 0 Å². The van der Waals surface area contributed by atoms with E-state index in [1.54, 1.807) is 0 Å². The van der Waals surface area contributed by atoms with Gasteiger partial charge in [0.05, 0.1) is 0 Å².